The molecule has 0 aliphatic heterocycles. The monoisotopic (exact) mass is 839 g/mol. The number of hydrogen-bond acceptors (Lipinski definition) is 5. The summed E-state index contributed by atoms with van der Waals surface area (Å²) in [6, 6.07) is 0. The molecule has 0 amide bonds. The summed E-state index contributed by atoms with van der Waals surface area (Å²) < 4.78 is 10.6. The van der Waals surface area contributed by atoms with E-state index in [1.807, 2.05) is 0 Å². The van der Waals surface area contributed by atoms with Crippen LogP contribution in [-0.2, 0) is 19.1 Å². The van der Waals surface area contributed by atoms with Crippen molar-refractivity contribution < 1.29 is 24.2 Å². The van der Waals surface area contributed by atoms with Gasteiger partial charge in [-0.05, 0) is 57.8 Å². The van der Waals surface area contributed by atoms with E-state index in [0.29, 0.717) is 12.8 Å². The van der Waals surface area contributed by atoms with E-state index in [2.05, 4.69) is 74.6 Å². The van der Waals surface area contributed by atoms with Gasteiger partial charge in [0.1, 0.15) is 6.61 Å². The van der Waals surface area contributed by atoms with E-state index in [-0.39, 0.29) is 25.2 Å². The molecule has 60 heavy (non-hydrogen) atoms. The fourth-order valence-corrected chi connectivity index (χ4v) is 7.47. The molecule has 0 aliphatic carbocycles. The Morgan fingerprint density at radius 1 is 0.400 bits per heavy atom. The number of ether oxygens (including phenoxy) is 2. The molecule has 0 radical (unpaired) electrons. The summed E-state index contributed by atoms with van der Waals surface area (Å²) in [5.41, 5.74) is 0. The molecule has 1 N–H and O–H groups in total. The van der Waals surface area contributed by atoms with E-state index in [1.54, 1.807) is 0 Å². The van der Waals surface area contributed by atoms with Gasteiger partial charge in [-0.3, -0.25) is 9.59 Å². The molecular formula is C55H98O5. The van der Waals surface area contributed by atoms with Crippen LogP contribution in [0.4, 0.5) is 0 Å². The molecule has 0 fully saturated rings. The third-order valence-electron chi connectivity index (χ3n) is 11.3. The SMILES string of the molecule is CC/C=C\C/C=C\C/C=C\C/C=C\C/C=C\CCCCCCCCCCCCCCCCCCCCCC(=O)OC(CO)COC(=O)CCCCCCCCCCCCC. The average molecular weight is 839 g/mol. The second-order valence-electron chi connectivity index (χ2n) is 17.2. The molecule has 0 saturated heterocycles. The first-order chi connectivity index (χ1) is 29.6. The standard InChI is InChI=1S/C55H98O5/c1-3-5-7-9-11-13-15-16-17-18-19-20-21-22-23-24-25-26-27-28-29-30-31-32-33-34-35-36-37-38-40-42-44-46-48-50-55(58)60-53(51-56)52-59-54(57)49-47-45-43-41-39-14-12-10-8-6-4-2/h5,7,11,13,16-17,19-20,22-23,53,56H,3-4,6,8-10,12,14-15,18,21,24-52H2,1-2H3/b7-5-,13-11-,17-16-,20-19-,23-22-. The maximum atomic E-state index is 12.2. The Balaban J connectivity index is 3.42. The first-order valence-corrected chi connectivity index (χ1v) is 25.8. The fraction of sp³-hybridized carbons (Fsp3) is 0.782. The van der Waals surface area contributed by atoms with Gasteiger partial charge in [0.2, 0.25) is 0 Å². The Kier molecular flexibility index (Phi) is 48.9. The van der Waals surface area contributed by atoms with Crippen LogP contribution >= 0.6 is 0 Å². The van der Waals surface area contributed by atoms with Crippen molar-refractivity contribution in [2.75, 3.05) is 13.2 Å². The smallest absolute Gasteiger partial charge is 0.306 e. The summed E-state index contributed by atoms with van der Waals surface area (Å²) >= 11 is 0. The van der Waals surface area contributed by atoms with Crippen LogP contribution in [0.1, 0.15) is 258 Å². The van der Waals surface area contributed by atoms with Gasteiger partial charge in [0.25, 0.3) is 0 Å². The first kappa shape index (κ1) is 57.6. The lowest BCUT2D eigenvalue weighted by Crippen LogP contribution is -2.28. The van der Waals surface area contributed by atoms with E-state index in [1.165, 1.54) is 161 Å². The van der Waals surface area contributed by atoms with Crippen molar-refractivity contribution in [2.45, 2.75) is 264 Å². The van der Waals surface area contributed by atoms with Crippen LogP contribution in [0.15, 0.2) is 60.8 Å². The molecule has 5 nitrogen and oxygen atoms in total. The minimum atomic E-state index is -0.768. The van der Waals surface area contributed by atoms with Gasteiger partial charge < -0.3 is 14.6 Å². The zero-order chi connectivity index (χ0) is 43.5. The van der Waals surface area contributed by atoms with E-state index in [0.717, 1.165) is 70.6 Å². The number of aliphatic hydroxyl groups is 1. The summed E-state index contributed by atoms with van der Waals surface area (Å²) in [6.07, 6.45) is 67.7. The van der Waals surface area contributed by atoms with Gasteiger partial charge in [0.05, 0.1) is 6.61 Å². The third-order valence-corrected chi connectivity index (χ3v) is 11.3. The van der Waals surface area contributed by atoms with E-state index in [9.17, 15) is 14.7 Å². The molecule has 0 aliphatic rings. The first-order valence-electron chi connectivity index (χ1n) is 25.8. The number of aliphatic hydroxyl groups excluding tert-OH is 1. The Morgan fingerprint density at radius 3 is 1.08 bits per heavy atom. The van der Waals surface area contributed by atoms with E-state index >= 15 is 0 Å². The molecule has 5 heteroatoms. The van der Waals surface area contributed by atoms with Crippen molar-refractivity contribution in [3.05, 3.63) is 60.8 Å². The van der Waals surface area contributed by atoms with Crippen molar-refractivity contribution in [3.8, 4) is 0 Å². The van der Waals surface area contributed by atoms with E-state index in [4.69, 9.17) is 9.47 Å². The summed E-state index contributed by atoms with van der Waals surface area (Å²) in [5, 5.41) is 9.59. The Morgan fingerprint density at radius 2 is 0.717 bits per heavy atom. The molecule has 1 atom stereocenters. The van der Waals surface area contributed by atoms with Gasteiger partial charge >= 0.3 is 11.9 Å². The summed E-state index contributed by atoms with van der Waals surface area (Å²) in [7, 11) is 0. The molecule has 1 unspecified atom stereocenters. The van der Waals surface area contributed by atoms with E-state index < -0.39 is 6.10 Å². The van der Waals surface area contributed by atoms with Gasteiger partial charge in [-0.2, -0.15) is 0 Å². The summed E-state index contributed by atoms with van der Waals surface area (Å²) in [5.74, 6) is -0.581. The lowest BCUT2D eigenvalue weighted by molar-refractivity contribution is -0.161. The van der Waals surface area contributed by atoms with Crippen LogP contribution in [0.5, 0.6) is 0 Å². The minimum Gasteiger partial charge on any atom is -0.462 e. The minimum absolute atomic E-state index is 0.0617. The van der Waals surface area contributed by atoms with Crippen molar-refractivity contribution in [1.82, 2.24) is 0 Å². The highest BCUT2D eigenvalue weighted by Gasteiger charge is 2.16. The maximum absolute atomic E-state index is 12.2. The second-order valence-corrected chi connectivity index (χ2v) is 17.2. The zero-order valence-corrected chi connectivity index (χ0v) is 39.7. The Bertz CT molecular complexity index is 1040. The highest BCUT2D eigenvalue weighted by molar-refractivity contribution is 5.70. The Hall–Kier alpha value is -2.40. The lowest BCUT2D eigenvalue weighted by atomic mass is 10.0. The number of rotatable bonds is 47. The lowest BCUT2D eigenvalue weighted by Gasteiger charge is -2.15. The summed E-state index contributed by atoms with van der Waals surface area (Å²) in [4.78, 5) is 24.3. The van der Waals surface area contributed by atoms with Gasteiger partial charge in [0, 0.05) is 12.8 Å². The number of carbonyl (C=O) groups excluding carboxylic acids is 2. The van der Waals surface area contributed by atoms with Crippen LogP contribution in [0.2, 0.25) is 0 Å². The largest absolute Gasteiger partial charge is 0.462 e. The van der Waals surface area contributed by atoms with Crippen molar-refractivity contribution in [1.29, 1.82) is 0 Å². The topological polar surface area (TPSA) is 72.8 Å². The molecule has 0 spiro atoms. The fourth-order valence-electron chi connectivity index (χ4n) is 7.47. The molecule has 0 aromatic carbocycles. The quantitative estimate of drug-likeness (QED) is 0.0375. The van der Waals surface area contributed by atoms with Crippen molar-refractivity contribution in [3.63, 3.8) is 0 Å². The number of esters is 2. The predicted octanol–water partition coefficient (Wildman–Crippen LogP) is 17.1. The molecule has 0 bridgehead atoms. The van der Waals surface area contributed by atoms with Crippen LogP contribution in [0.3, 0.4) is 0 Å². The zero-order valence-electron chi connectivity index (χ0n) is 39.7. The Labute approximate surface area is 372 Å². The molecule has 0 aromatic heterocycles. The van der Waals surface area contributed by atoms with Crippen molar-refractivity contribution >= 4 is 11.9 Å². The highest BCUT2D eigenvalue weighted by atomic mass is 16.6. The van der Waals surface area contributed by atoms with Crippen LogP contribution in [0, 0.1) is 0 Å². The van der Waals surface area contributed by atoms with Crippen molar-refractivity contribution in [2.24, 2.45) is 0 Å². The van der Waals surface area contributed by atoms with Crippen LogP contribution in [-0.4, -0.2) is 36.4 Å². The average Bonchev–Trinajstić information content (AvgIpc) is 3.25. The highest BCUT2D eigenvalue weighted by Crippen LogP contribution is 2.16. The normalized spacial score (nSPS) is 12.7. The molecule has 0 heterocycles. The predicted molar refractivity (Wildman–Crippen MR) is 260 cm³/mol. The third kappa shape index (κ3) is 48.3. The van der Waals surface area contributed by atoms with Gasteiger partial charge in [-0.1, -0.05) is 248 Å². The molecule has 0 aromatic rings. The molecular weight excluding hydrogens is 741 g/mol. The van der Waals surface area contributed by atoms with Crippen LogP contribution < -0.4 is 0 Å². The molecule has 0 rings (SSSR count). The number of carbonyl (C=O) groups is 2. The van der Waals surface area contributed by atoms with Crippen LogP contribution in [0.25, 0.3) is 0 Å². The van der Waals surface area contributed by atoms with Gasteiger partial charge in [-0.25, -0.2) is 0 Å². The number of hydrogen-bond donors (Lipinski definition) is 1. The molecule has 348 valence electrons. The molecule has 0 saturated carbocycles. The summed E-state index contributed by atoms with van der Waals surface area (Å²) in [6.45, 7) is 4.03. The maximum Gasteiger partial charge on any atom is 0.306 e. The number of unbranched alkanes of at least 4 members (excludes halogenated alkanes) is 29. The van der Waals surface area contributed by atoms with Gasteiger partial charge in [0.15, 0.2) is 6.10 Å². The number of allylic oxidation sites excluding steroid dienone is 10. The van der Waals surface area contributed by atoms with Gasteiger partial charge in [-0.15, -0.1) is 0 Å². The second kappa shape index (κ2) is 51.0.